The lowest BCUT2D eigenvalue weighted by Crippen LogP contribution is -2.36. The van der Waals surface area contributed by atoms with E-state index in [1.165, 1.54) is 6.07 Å². The first-order chi connectivity index (χ1) is 8.56. The van der Waals surface area contributed by atoms with Crippen molar-refractivity contribution in [1.29, 1.82) is 0 Å². The second-order valence-electron chi connectivity index (χ2n) is 4.11. The molecule has 0 heterocycles. The Balaban J connectivity index is 2.55. The van der Waals surface area contributed by atoms with Crippen LogP contribution in [0.5, 0.6) is 0 Å². The molecule has 1 rings (SSSR count). The molecule has 0 radical (unpaired) electrons. The summed E-state index contributed by atoms with van der Waals surface area (Å²) in [6, 6.07) is 4.51. The van der Waals surface area contributed by atoms with Crippen LogP contribution in [-0.4, -0.2) is 23.7 Å². The van der Waals surface area contributed by atoms with E-state index >= 15 is 0 Å². The fraction of sp³-hybridized carbons (Fsp3) is 0.462. The van der Waals surface area contributed by atoms with E-state index in [2.05, 4.69) is 21.2 Å². The van der Waals surface area contributed by atoms with Crippen LogP contribution in [0.1, 0.15) is 25.3 Å². The zero-order valence-corrected chi connectivity index (χ0v) is 11.8. The first kappa shape index (κ1) is 15.1. The molecule has 1 amide bonds. The summed E-state index contributed by atoms with van der Waals surface area (Å²) in [4.78, 5) is 11.8. The zero-order chi connectivity index (χ0) is 13.5. The molecule has 0 spiro atoms. The number of carbonyl (C=O) groups excluding carboxylic acids is 1. The van der Waals surface area contributed by atoms with E-state index < -0.39 is 0 Å². The highest BCUT2D eigenvalue weighted by atomic mass is 79.9. The van der Waals surface area contributed by atoms with Crippen LogP contribution < -0.4 is 5.32 Å². The predicted molar refractivity (Wildman–Crippen MR) is 71.7 cm³/mol. The Morgan fingerprint density at radius 3 is 2.83 bits per heavy atom. The Hall–Kier alpha value is -0.940. The van der Waals surface area contributed by atoms with Gasteiger partial charge in [0.1, 0.15) is 5.82 Å². The number of aliphatic hydroxyl groups excluding tert-OH is 1. The van der Waals surface area contributed by atoms with E-state index in [-0.39, 0.29) is 30.8 Å². The Kier molecular flexibility index (Phi) is 6.29. The van der Waals surface area contributed by atoms with E-state index in [1.807, 2.05) is 6.92 Å². The van der Waals surface area contributed by atoms with Gasteiger partial charge < -0.3 is 10.4 Å². The predicted octanol–water partition coefficient (Wildman–Crippen LogP) is 2.41. The third-order valence-corrected chi connectivity index (χ3v) is 3.29. The Bertz CT molecular complexity index is 412. The van der Waals surface area contributed by atoms with Gasteiger partial charge in [0.05, 0.1) is 10.9 Å². The summed E-state index contributed by atoms with van der Waals surface area (Å²) >= 11 is 3.09. The average Bonchev–Trinajstić information content (AvgIpc) is 2.33. The number of hydrogen-bond donors (Lipinski definition) is 2. The number of aliphatic hydroxyl groups is 1. The molecule has 1 unspecified atom stereocenters. The van der Waals surface area contributed by atoms with Crippen molar-refractivity contribution >= 4 is 21.8 Å². The first-order valence-corrected chi connectivity index (χ1v) is 6.70. The number of benzene rings is 1. The molecule has 18 heavy (non-hydrogen) atoms. The van der Waals surface area contributed by atoms with Gasteiger partial charge in [-0.1, -0.05) is 13.0 Å². The zero-order valence-electron chi connectivity index (χ0n) is 10.2. The quantitative estimate of drug-likeness (QED) is 0.846. The molecule has 0 bridgehead atoms. The molecule has 5 heteroatoms. The monoisotopic (exact) mass is 317 g/mol. The van der Waals surface area contributed by atoms with Crippen LogP contribution in [0.4, 0.5) is 4.39 Å². The van der Waals surface area contributed by atoms with Crippen molar-refractivity contribution in [3.63, 3.8) is 0 Å². The average molecular weight is 318 g/mol. The smallest absolute Gasteiger partial charge is 0.224 e. The van der Waals surface area contributed by atoms with E-state index in [4.69, 9.17) is 5.11 Å². The maximum Gasteiger partial charge on any atom is 0.224 e. The molecular formula is C13H17BrFNO2. The summed E-state index contributed by atoms with van der Waals surface area (Å²) in [6.45, 7) is 2.01. The minimum Gasteiger partial charge on any atom is -0.396 e. The number of hydrogen-bond acceptors (Lipinski definition) is 2. The topological polar surface area (TPSA) is 49.3 Å². The van der Waals surface area contributed by atoms with Crippen LogP contribution in [0.3, 0.4) is 0 Å². The van der Waals surface area contributed by atoms with Crippen molar-refractivity contribution in [2.24, 2.45) is 0 Å². The normalized spacial score (nSPS) is 12.2. The number of rotatable bonds is 6. The van der Waals surface area contributed by atoms with Crippen LogP contribution in [0.25, 0.3) is 0 Å². The van der Waals surface area contributed by atoms with Crippen molar-refractivity contribution in [3.8, 4) is 0 Å². The number of amides is 1. The molecule has 0 fully saturated rings. The fourth-order valence-corrected chi connectivity index (χ4v) is 2.07. The second kappa shape index (κ2) is 7.48. The summed E-state index contributed by atoms with van der Waals surface area (Å²) < 4.78 is 13.4. The van der Waals surface area contributed by atoms with Crippen LogP contribution in [0.2, 0.25) is 0 Å². The standard InChI is InChI=1S/C13H17BrFNO2/c1-2-10(5-6-17)16-13(18)8-9-3-4-12(15)11(14)7-9/h3-4,7,10,17H,2,5-6,8H2,1H3,(H,16,18). The first-order valence-electron chi connectivity index (χ1n) is 5.91. The van der Waals surface area contributed by atoms with Crippen molar-refractivity contribution in [2.75, 3.05) is 6.61 Å². The summed E-state index contributed by atoms with van der Waals surface area (Å²) in [7, 11) is 0. The lowest BCUT2D eigenvalue weighted by atomic mass is 10.1. The molecule has 0 aliphatic rings. The maximum absolute atomic E-state index is 13.0. The summed E-state index contributed by atoms with van der Waals surface area (Å²) in [5.74, 6) is -0.459. The summed E-state index contributed by atoms with van der Waals surface area (Å²) in [6.07, 6.45) is 1.54. The molecule has 0 saturated heterocycles. The van der Waals surface area contributed by atoms with Crippen LogP contribution in [0.15, 0.2) is 22.7 Å². The minimum atomic E-state index is -0.342. The van der Waals surface area contributed by atoms with Gasteiger partial charge in [-0.2, -0.15) is 0 Å². The molecule has 0 saturated carbocycles. The number of halogens is 2. The molecule has 0 aliphatic carbocycles. The van der Waals surface area contributed by atoms with E-state index in [9.17, 15) is 9.18 Å². The molecule has 0 aromatic heterocycles. The van der Waals surface area contributed by atoms with Gasteiger partial charge >= 0.3 is 0 Å². The van der Waals surface area contributed by atoms with Crippen molar-refractivity contribution in [1.82, 2.24) is 5.32 Å². The van der Waals surface area contributed by atoms with E-state index in [1.54, 1.807) is 12.1 Å². The van der Waals surface area contributed by atoms with E-state index in [0.29, 0.717) is 10.9 Å². The molecule has 2 N–H and O–H groups in total. The largest absolute Gasteiger partial charge is 0.396 e. The third kappa shape index (κ3) is 4.74. The van der Waals surface area contributed by atoms with Gasteiger partial charge in [0.25, 0.3) is 0 Å². The van der Waals surface area contributed by atoms with Gasteiger partial charge in [0.15, 0.2) is 0 Å². The third-order valence-electron chi connectivity index (χ3n) is 2.68. The maximum atomic E-state index is 13.0. The highest BCUT2D eigenvalue weighted by Gasteiger charge is 2.11. The van der Waals surface area contributed by atoms with Crippen LogP contribution in [0, 0.1) is 5.82 Å². The van der Waals surface area contributed by atoms with Crippen molar-refractivity contribution < 1.29 is 14.3 Å². The molecule has 1 aromatic carbocycles. The van der Waals surface area contributed by atoms with Crippen LogP contribution in [-0.2, 0) is 11.2 Å². The second-order valence-corrected chi connectivity index (χ2v) is 4.96. The number of nitrogens with one attached hydrogen (secondary N) is 1. The lowest BCUT2D eigenvalue weighted by molar-refractivity contribution is -0.121. The SMILES string of the molecule is CCC(CCO)NC(=O)Cc1ccc(F)c(Br)c1. The molecule has 100 valence electrons. The lowest BCUT2D eigenvalue weighted by Gasteiger charge is -2.15. The van der Waals surface area contributed by atoms with Gasteiger partial charge in [-0.25, -0.2) is 4.39 Å². The number of carbonyl (C=O) groups is 1. The Morgan fingerprint density at radius 1 is 1.56 bits per heavy atom. The molecule has 3 nitrogen and oxygen atoms in total. The highest BCUT2D eigenvalue weighted by molar-refractivity contribution is 9.10. The molecule has 1 aromatic rings. The van der Waals surface area contributed by atoms with Crippen molar-refractivity contribution in [2.45, 2.75) is 32.2 Å². The summed E-state index contributed by atoms with van der Waals surface area (Å²) in [5.41, 5.74) is 0.750. The van der Waals surface area contributed by atoms with Gasteiger partial charge in [-0.3, -0.25) is 4.79 Å². The molecular weight excluding hydrogens is 301 g/mol. The molecule has 1 atom stereocenters. The Labute approximate surface area is 115 Å². The van der Waals surface area contributed by atoms with E-state index in [0.717, 1.165) is 12.0 Å². The fourth-order valence-electron chi connectivity index (χ4n) is 1.65. The van der Waals surface area contributed by atoms with Crippen LogP contribution >= 0.6 is 15.9 Å². The van der Waals surface area contributed by atoms with Gasteiger partial charge in [-0.05, 0) is 46.5 Å². The summed E-state index contributed by atoms with van der Waals surface area (Å²) in [5, 5.41) is 11.7. The molecule has 0 aliphatic heterocycles. The van der Waals surface area contributed by atoms with Crippen molar-refractivity contribution in [3.05, 3.63) is 34.1 Å². The Morgan fingerprint density at radius 2 is 2.28 bits per heavy atom. The van der Waals surface area contributed by atoms with Gasteiger partial charge in [0.2, 0.25) is 5.91 Å². The van der Waals surface area contributed by atoms with Gasteiger partial charge in [0, 0.05) is 12.6 Å². The minimum absolute atomic E-state index is 0.00797. The van der Waals surface area contributed by atoms with Gasteiger partial charge in [-0.15, -0.1) is 0 Å². The highest BCUT2D eigenvalue weighted by Crippen LogP contribution is 2.17.